The SMILES string of the molecule is CC(=O)c1c(C)[nH]c(C=O)c1C(C)C. The highest BCUT2D eigenvalue weighted by Crippen LogP contribution is 2.25. The first-order valence-corrected chi connectivity index (χ1v) is 4.67. The van der Waals surface area contributed by atoms with E-state index in [1.165, 1.54) is 6.92 Å². The van der Waals surface area contributed by atoms with Gasteiger partial charge in [0.15, 0.2) is 12.1 Å². The molecule has 0 saturated carbocycles. The molecule has 0 spiro atoms. The third kappa shape index (κ3) is 1.62. The number of nitrogens with one attached hydrogen (secondary N) is 1. The van der Waals surface area contributed by atoms with Crippen molar-refractivity contribution in [1.82, 2.24) is 4.98 Å². The van der Waals surface area contributed by atoms with Crippen LogP contribution in [0.5, 0.6) is 0 Å². The van der Waals surface area contributed by atoms with Crippen molar-refractivity contribution in [3.63, 3.8) is 0 Å². The molecule has 1 aromatic rings. The molecule has 1 rings (SSSR count). The summed E-state index contributed by atoms with van der Waals surface area (Å²) >= 11 is 0. The lowest BCUT2D eigenvalue weighted by molar-refractivity contribution is 0.101. The molecule has 1 heterocycles. The van der Waals surface area contributed by atoms with Crippen LogP contribution in [0.15, 0.2) is 0 Å². The number of aromatic nitrogens is 1. The van der Waals surface area contributed by atoms with Crippen molar-refractivity contribution in [2.24, 2.45) is 0 Å². The van der Waals surface area contributed by atoms with Crippen LogP contribution >= 0.6 is 0 Å². The lowest BCUT2D eigenvalue weighted by Gasteiger charge is -2.06. The predicted molar refractivity (Wildman–Crippen MR) is 55.0 cm³/mol. The van der Waals surface area contributed by atoms with E-state index in [-0.39, 0.29) is 11.7 Å². The Balaban J connectivity index is 3.46. The van der Waals surface area contributed by atoms with Gasteiger partial charge in [0, 0.05) is 11.3 Å². The van der Waals surface area contributed by atoms with Crippen LogP contribution in [0.1, 0.15) is 58.8 Å². The standard InChI is InChI=1S/C11H15NO2/c1-6(2)10-9(5-13)12-7(3)11(10)8(4)14/h5-6,12H,1-4H3. The summed E-state index contributed by atoms with van der Waals surface area (Å²) in [6.07, 6.45) is 0.773. The molecule has 14 heavy (non-hydrogen) atoms. The van der Waals surface area contributed by atoms with Gasteiger partial charge in [0.1, 0.15) is 0 Å². The van der Waals surface area contributed by atoms with E-state index in [0.717, 1.165) is 17.5 Å². The number of aryl methyl sites for hydroxylation is 1. The van der Waals surface area contributed by atoms with Crippen molar-refractivity contribution in [3.8, 4) is 0 Å². The molecule has 3 heteroatoms. The quantitative estimate of drug-likeness (QED) is 0.592. The maximum atomic E-state index is 11.4. The fourth-order valence-electron chi connectivity index (χ4n) is 1.81. The fourth-order valence-corrected chi connectivity index (χ4v) is 1.81. The minimum atomic E-state index is 0.00977. The Hall–Kier alpha value is -1.38. The molecule has 0 atom stereocenters. The van der Waals surface area contributed by atoms with Crippen LogP contribution < -0.4 is 0 Å². The van der Waals surface area contributed by atoms with Crippen molar-refractivity contribution >= 4 is 12.1 Å². The summed E-state index contributed by atoms with van der Waals surface area (Å²) in [6, 6.07) is 0. The number of H-pyrrole nitrogens is 1. The summed E-state index contributed by atoms with van der Waals surface area (Å²) in [6.45, 7) is 7.29. The van der Waals surface area contributed by atoms with Gasteiger partial charge >= 0.3 is 0 Å². The second-order valence-electron chi connectivity index (χ2n) is 3.78. The lowest BCUT2D eigenvalue weighted by Crippen LogP contribution is -2.01. The van der Waals surface area contributed by atoms with E-state index in [2.05, 4.69) is 4.98 Å². The monoisotopic (exact) mass is 193 g/mol. The van der Waals surface area contributed by atoms with Crippen molar-refractivity contribution in [2.75, 3.05) is 0 Å². The van der Waals surface area contributed by atoms with Gasteiger partial charge in [-0.25, -0.2) is 0 Å². The summed E-state index contributed by atoms with van der Waals surface area (Å²) in [5, 5.41) is 0. The Morgan fingerprint density at radius 1 is 1.43 bits per heavy atom. The van der Waals surface area contributed by atoms with E-state index >= 15 is 0 Å². The van der Waals surface area contributed by atoms with Gasteiger partial charge in [-0.15, -0.1) is 0 Å². The zero-order chi connectivity index (χ0) is 10.9. The molecule has 0 aliphatic rings. The van der Waals surface area contributed by atoms with Crippen molar-refractivity contribution in [2.45, 2.75) is 33.6 Å². The zero-order valence-corrected chi connectivity index (χ0v) is 8.97. The van der Waals surface area contributed by atoms with E-state index in [1.807, 2.05) is 20.8 Å². The first-order valence-electron chi connectivity index (χ1n) is 4.67. The Bertz CT molecular complexity index is 375. The number of hydrogen-bond acceptors (Lipinski definition) is 2. The van der Waals surface area contributed by atoms with Crippen LogP contribution in [-0.4, -0.2) is 17.1 Å². The highest BCUT2D eigenvalue weighted by molar-refractivity contribution is 5.99. The maximum absolute atomic E-state index is 11.4. The molecule has 1 N–H and O–H groups in total. The second kappa shape index (κ2) is 3.78. The minimum absolute atomic E-state index is 0.00977. The van der Waals surface area contributed by atoms with Gasteiger partial charge in [0.05, 0.1) is 5.69 Å². The number of rotatable bonds is 3. The van der Waals surface area contributed by atoms with Crippen LogP contribution in [0, 0.1) is 6.92 Å². The molecule has 0 aromatic carbocycles. The summed E-state index contributed by atoms with van der Waals surface area (Å²) < 4.78 is 0. The number of carbonyl (C=O) groups is 2. The van der Waals surface area contributed by atoms with Gasteiger partial charge in [0.25, 0.3) is 0 Å². The summed E-state index contributed by atoms with van der Waals surface area (Å²) in [5.74, 6) is 0.189. The van der Waals surface area contributed by atoms with E-state index in [0.29, 0.717) is 11.3 Å². The van der Waals surface area contributed by atoms with Crippen LogP contribution in [-0.2, 0) is 0 Å². The topological polar surface area (TPSA) is 49.9 Å². The van der Waals surface area contributed by atoms with Crippen molar-refractivity contribution < 1.29 is 9.59 Å². The Morgan fingerprint density at radius 3 is 2.36 bits per heavy atom. The van der Waals surface area contributed by atoms with Crippen LogP contribution in [0.3, 0.4) is 0 Å². The van der Waals surface area contributed by atoms with Gasteiger partial charge in [-0.2, -0.15) is 0 Å². The second-order valence-corrected chi connectivity index (χ2v) is 3.78. The van der Waals surface area contributed by atoms with Gasteiger partial charge in [0.2, 0.25) is 0 Å². The normalized spacial score (nSPS) is 10.6. The molecule has 76 valence electrons. The largest absolute Gasteiger partial charge is 0.356 e. The number of aromatic amines is 1. The first kappa shape index (κ1) is 10.7. The third-order valence-electron chi connectivity index (χ3n) is 2.30. The Kier molecular flexibility index (Phi) is 2.89. The smallest absolute Gasteiger partial charge is 0.166 e. The van der Waals surface area contributed by atoms with Gasteiger partial charge in [-0.1, -0.05) is 13.8 Å². The number of ketones is 1. The van der Waals surface area contributed by atoms with Crippen LogP contribution in [0.25, 0.3) is 0 Å². The van der Waals surface area contributed by atoms with Gasteiger partial charge in [-0.3, -0.25) is 9.59 Å². The maximum Gasteiger partial charge on any atom is 0.166 e. The number of Topliss-reactive ketones (excluding diaryl/α,β-unsaturated/α-hetero) is 1. The number of carbonyl (C=O) groups excluding carboxylic acids is 2. The molecule has 0 fully saturated rings. The van der Waals surface area contributed by atoms with E-state index < -0.39 is 0 Å². The molecule has 0 saturated heterocycles. The molecule has 0 amide bonds. The summed E-state index contributed by atoms with van der Waals surface area (Å²) in [4.78, 5) is 25.1. The third-order valence-corrected chi connectivity index (χ3v) is 2.30. The highest BCUT2D eigenvalue weighted by atomic mass is 16.1. The zero-order valence-electron chi connectivity index (χ0n) is 8.97. The average Bonchev–Trinajstić information content (AvgIpc) is 2.41. The summed E-state index contributed by atoms with van der Waals surface area (Å²) in [5.41, 5.74) is 2.82. The number of hydrogen-bond donors (Lipinski definition) is 1. The van der Waals surface area contributed by atoms with Crippen LogP contribution in [0.2, 0.25) is 0 Å². The van der Waals surface area contributed by atoms with Crippen molar-refractivity contribution in [3.05, 3.63) is 22.5 Å². The Morgan fingerprint density at radius 2 is 2.00 bits per heavy atom. The Labute approximate surface area is 83.5 Å². The molecule has 0 aliphatic carbocycles. The minimum Gasteiger partial charge on any atom is -0.356 e. The fraction of sp³-hybridized carbons (Fsp3) is 0.455. The molecule has 0 bridgehead atoms. The predicted octanol–water partition coefficient (Wildman–Crippen LogP) is 2.46. The first-order chi connectivity index (χ1) is 6.49. The van der Waals surface area contributed by atoms with Gasteiger partial charge < -0.3 is 4.98 Å². The van der Waals surface area contributed by atoms with Crippen LogP contribution in [0.4, 0.5) is 0 Å². The highest BCUT2D eigenvalue weighted by Gasteiger charge is 2.19. The average molecular weight is 193 g/mol. The molecule has 1 aromatic heterocycles. The van der Waals surface area contributed by atoms with Gasteiger partial charge in [-0.05, 0) is 25.3 Å². The molecule has 0 aliphatic heterocycles. The van der Waals surface area contributed by atoms with Crippen molar-refractivity contribution in [1.29, 1.82) is 0 Å². The molecule has 3 nitrogen and oxygen atoms in total. The summed E-state index contributed by atoms with van der Waals surface area (Å²) in [7, 11) is 0. The molecule has 0 radical (unpaired) electrons. The molecular weight excluding hydrogens is 178 g/mol. The molecular formula is C11H15NO2. The molecule has 0 unspecified atom stereocenters. The van der Waals surface area contributed by atoms with E-state index in [4.69, 9.17) is 0 Å². The van der Waals surface area contributed by atoms with E-state index in [1.54, 1.807) is 0 Å². The number of aldehydes is 1. The van der Waals surface area contributed by atoms with E-state index in [9.17, 15) is 9.59 Å². The lowest BCUT2D eigenvalue weighted by atomic mass is 9.96.